The summed E-state index contributed by atoms with van der Waals surface area (Å²) in [5, 5.41) is 14.8. The van der Waals surface area contributed by atoms with E-state index >= 15 is 0 Å². The van der Waals surface area contributed by atoms with Crippen LogP contribution in [0.1, 0.15) is 19.4 Å². The lowest BCUT2D eigenvalue weighted by atomic mass is 10.2. The summed E-state index contributed by atoms with van der Waals surface area (Å²) in [5.74, 6) is -0.0752. The number of nitrogens with one attached hydrogen (secondary N) is 1. The topological polar surface area (TPSA) is 74.2 Å². The van der Waals surface area contributed by atoms with Crippen molar-refractivity contribution in [3.8, 4) is 11.5 Å². The molecule has 0 fully saturated rings. The first kappa shape index (κ1) is 20.9. The zero-order valence-electron chi connectivity index (χ0n) is 15.1. The summed E-state index contributed by atoms with van der Waals surface area (Å²) in [5.41, 5.74) is 3.74. The van der Waals surface area contributed by atoms with Gasteiger partial charge in [-0.25, -0.2) is 5.43 Å². The lowest BCUT2D eigenvalue weighted by Gasteiger charge is -2.21. The number of carbonyl (C=O) groups is 1. The molecule has 0 saturated carbocycles. The van der Waals surface area contributed by atoms with Gasteiger partial charge < -0.3 is 14.7 Å². The maximum absolute atomic E-state index is 11.8. The summed E-state index contributed by atoms with van der Waals surface area (Å²) in [6.07, 6.45) is 1.37. The van der Waals surface area contributed by atoms with Crippen molar-refractivity contribution < 1.29 is 14.6 Å². The number of benzene rings is 2. The minimum atomic E-state index is -0.471. The van der Waals surface area contributed by atoms with Gasteiger partial charge in [0.15, 0.2) is 6.61 Å². The lowest BCUT2D eigenvalue weighted by molar-refractivity contribution is -0.123. The van der Waals surface area contributed by atoms with Crippen LogP contribution >= 0.6 is 23.2 Å². The average Bonchev–Trinajstić information content (AvgIpc) is 2.65. The van der Waals surface area contributed by atoms with Crippen LogP contribution in [-0.2, 0) is 4.79 Å². The van der Waals surface area contributed by atoms with Crippen LogP contribution in [0.5, 0.6) is 11.5 Å². The van der Waals surface area contributed by atoms with Gasteiger partial charge in [-0.3, -0.25) is 4.79 Å². The molecule has 0 aliphatic rings. The maximum atomic E-state index is 11.8. The lowest BCUT2D eigenvalue weighted by Crippen LogP contribution is -2.24. The Morgan fingerprint density at radius 1 is 1.22 bits per heavy atom. The fourth-order valence-corrected chi connectivity index (χ4v) is 2.70. The molecule has 1 amide bonds. The van der Waals surface area contributed by atoms with Crippen LogP contribution in [0.3, 0.4) is 0 Å². The summed E-state index contributed by atoms with van der Waals surface area (Å²) >= 11 is 11.8. The predicted molar refractivity (Wildman–Crippen MR) is 109 cm³/mol. The Kier molecular flexibility index (Phi) is 7.76. The quantitative estimate of drug-likeness (QED) is 0.508. The number of hydrazone groups is 1. The summed E-state index contributed by atoms with van der Waals surface area (Å²) in [7, 11) is 0. The van der Waals surface area contributed by atoms with Gasteiger partial charge in [0.2, 0.25) is 0 Å². The van der Waals surface area contributed by atoms with Gasteiger partial charge in [0.05, 0.1) is 11.2 Å². The van der Waals surface area contributed by atoms with Gasteiger partial charge in [-0.05, 0) is 38.1 Å². The minimum Gasteiger partial charge on any atom is -0.507 e. The van der Waals surface area contributed by atoms with Crippen molar-refractivity contribution in [1.29, 1.82) is 0 Å². The van der Waals surface area contributed by atoms with Crippen LogP contribution in [-0.4, -0.2) is 36.9 Å². The van der Waals surface area contributed by atoms with E-state index in [1.165, 1.54) is 12.3 Å². The van der Waals surface area contributed by atoms with Gasteiger partial charge in [0.25, 0.3) is 5.91 Å². The van der Waals surface area contributed by atoms with E-state index in [0.29, 0.717) is 21.4 Å². The molecular formula is C19H21Cl2N3O3. The highest BCUT2D eigenvalue weighted by atomic mass is 35.5. The molecular weight excluding hydrogens is 389 g/mol. The van der Waals surface area contributed by atoms with Gasteiger partial charge in [-0.1, -0.05) is 23.2 Å². The second-order valence-electron chi connectivity index (χ2n) is 5.57. The number of hydrogen-bond donors (Lipinski definition) is 2. The first-order valence-electron chi connectivity index (χ1n) is 8.42. The van der Waals surface area contributed by atoms with Crippen LogP contribution in [0.4, 0.5) is 5.69 Å². The van der Waals surface area contributed by atoms with Gasteiger partial charge in [0.1, 0.15) is 11.5 Å². The van der Waals surface area contributed by atoms with Crippen LogP contribution in [0.25, 0.3) is 0 Å². The molecule has 0 spiro atoms. The number of aromatic hydroxyl groups is 1. The number of nitrogens with zero attached hydrogens (tertiary/aromatic N) is 2. The molecule has 2 N–H and O–H groups in total. The number of hydrogen-bond acceptors (Lipinski definition) is 5. The fourth-order valence-electron chi connectivity index (χ4n) is 2.36. The van der Waals surface area contributed by atoms with Crippen molar-refractivity contribution in [3.05, 3.63) is 52.0 Å². The van der Waals surface area contributed by atoms with Crippen molar-refractivity contribution in [3.63, 3.8) is 0 Å². The van der Waals surface area contributed by atoms with Gasteiger partial charge in [-0.2, -0.15) is 5.10 Å². The molecule has 2 aromatic rings. The van der Waals surface area contributed by atoms with E-state index in [0.717, 1.165) is 18.8 Å². The Balaban J connectivity index is 1.91. The maximum Gasteiger partial charge on any atom is 0.277 e. The third kappa shape index (κ3) is 6.05. The van der Waals surface area contributed by atoms with Crippen LogP contribution in [0.2, 0.25) is 10.0 Å². The Hall–Kier alpha value is -2.44. The van der Waals surface area contributed by atoms with E-state index in [4.69, 9.17) is 27.9 Å². The number of rotatable bonds is 8. The van der Waals surface area contributed by atoms with E-state index in [2.05, 4.69) is 15.4 Å². The largest absolute Gasteiger partial charge is 0.507 e. The SMILES string of the molecule is CCN(CC)c1ccc(C=NNC(=O)COc2cc(Cl)ccc2Cl)c(O)c1. The number of phenolic OH excluding ortho intramolecular Hbond substituents is 1. The third-order valence-corrected chi connectivity index (χ3v) is 4.33. The van der Waals surface area contributed by atoms with Crippen molar-refractivity contribution >= 4 is 41.0 Å². The van der Waals surface area contributed by atoms with Crippen molar-refractivity contribution in [2.75, 3.05) is 24.6 Å². The van der Waals surface area contributed by atoms with E-state index in [-0.39, 0.29) is 12.4 Å². The van der Waals surface area contributed by atoms with Crippen molar-refractivity contribution in [2.24, 2.45) is 5.10 Å². The zero-order chi connectivity index (χ0) is 19.8. The van der Waals surface area contributed by atoms with Crippen LogP contribution < -0.4 is 15.1 Å². The van der Waals surface area contributed by atoms with Crippen molar-refractivity contribution in [2.45, 2.75) is 13.8 Å². The van der Waals surface area contributed by atoms with Crippen LogP contribution in [0, 0.1) is 0 Å². The molecule has 0 heterocycles. The normalized spacial score (nSPS) is 10.8. The molecule has 2 aromatic carbocycles. The molecule has 0 aliphatic carbocycles. The molecule has 144 valence electrons. The Morgan fingerprint density at radius 2 is 1.96 bits per heavy atom. The molecule has 0 atom stereocenters. The highest BCUT2D eigenvalue weighted by molar-refractivity contribution is 6.34. The zero-order valence-corrected chi connectivity index (χ0v) is 16.6. The Labute approximate surface area is 168 Å². The van der Waals surface area contributed by atoms with Gasteiger partial charge in [-0.15, -0.1) is 0 Å². The summed E-state index contributed by atoms with van der Waals surface area (Å²) < 4.78 is 5.32. The molecule has 8 heteroatoms. The van der Waals surface area contributed by atoms with Crippen LogP contribution in [0.15, 0.2) is 41.5 Å². The molecule has 0 aliphatic heterocycles. The first-order chi connectivity index (χ1) is 12.9. The average molecular weight is 410 g/mol. The second kappa shape index (κ2) is 10.0. The smallest absolute Gasteiger partial charge is 0.277 e. The monoisotopic (exact) mass is 409 g/mol. The second-order valence-corrected chi connectivity index (χ2v) is 6.42. The third-order valence-electron chi connectivity index (χ3n) is 3.79. The molecule has 2 rings (SSSR count). The molecule has 0 bridgehead atoms. The summed E-state index contributed by atoms with van der Waals surface area (Å²) in [6.45, 7) is 5.50. The molecule has 0 unspecified atom stereocenters. The molecule has 0 radical (unpaired) electrons. The highest BCUT2D eigenvalue weighted by Crippen LogP contribution is 2.27. The fraction of sp³-hybridized carbons (Fsp3) is 0.263. The summed E-state index contributed by atoms with van der Waals surface area (Å²) in [4.78, 5) is 13.9. The number of ether oxygens (including phenoxy) is 1. The highest BCUT2D eigenvalue weighted by Gasteiger charge is 2.07. The minimum absolute atomic E-state index is 0.0827. The van der Waals surface area contributed by atoms with E-state index < -0.39 is 5.91 Å². The summed E-state index contributed by atoms with van der Waals surface area (Å²) in [6, 6.07) is 10.0. The Bertz CT molecular complexity index is 824. The number of carbonyl (C=O) groups excluding carboxylic acids is 1. The van der Waals surface area contributed by atoms with Gasteiger partial charge in [0, 0.05) is 41.5 Å². The van der Waals surface area contributed by atoms with Gasteiger partial charge >= 0.3 is 0 Å². The predicted octanol–water partition coefficient (Wildman–Crippen LogP) is 4.07. The molecule has 27 heavy (non-hydrogen) atoms. The molecule has 6 nitrogen and oxygen atoms in total. The first-order valence-corrected chi connectivity index (χ1v) is 9.17. The van der Waals surface area contributed by atoms with E-state index in [1.54, 1.807) is 24.3 Å². The van der Waals surface area contributed by atoms with Crippen molar-refractivity contribution in [1.82, 2.24) is 5.43 Å². The number of phenols is 1. The standard InChI is InChI=1S/C19H21Cl2N3O3/c1-3-24(4-2)15-7-5-13(17(25)10-15)11-22-23-19(26)12-27-18-9-14(20)6-8-16(18)21/h5-11,25H,3-4,12H2,1-2H3,(H,23,26). The Morgan fingerprint density at radius 3 is 2.63 bits per heavy atom. The van der Waals surface area contributed by atoms with E-state index in [1.807, 2.05) is 19.9 Å². The number of anilines is 1. The molecule has 0 aromatic heterocycles. The number of halogens is 2. The van der Waals surface area contributed by atoms with E-state index in [9.17, 15) is 9.90 Å². The molecule has 0 saturated heterocycles. The number of amides is 1.